The van der Waals surface area contributed by atoms with Crippen LogP contribution in [0, 0.1) is 13.8 Å². The largest absolute Gasteiger partial charge is 0.474 e. The molecule has 19 heavy (non-hydrogen) atoms. The summed E-state index contributed by atoms with van der Waals surface area (Å²) >= 11 is 5.13. The number of aryl methyl sites for hydroxylation is 2. The molecule has 1 fully saturated rings. The summed E-state index contributed by atoms with van der Waals surface area (Å²) in [7, 11) is 0. The van der Waals surface area contributed by atoms with Crippen LogP contribution < -0.4 is 10.5 Å². The minimum Gasteiger partial charge on any atom is -0.474 e. The molecule has 1 heterocycles. The molecule has 4 heteroatoms. The van der Waals surface area contributed by atoms with E-state index in [1.165, 1.54) is 25.7 Å². The molecule has 1 aliphatic carbocycles. The normalized spacial score (nSPS) is 16.9. The van der Waals surface area contributed by atoms with Gasteiger partial charge in [-0.15, -0.1) is 0 Å². The van der Waals surface area contributed by atoms with Crippen LogP contribution in [0.1, 0.15) is 55.3 Å². The molecule has 0 amide bonds. The molecule has 0 radical (unpaired) electrons. The first-order valence-electron chi connectivity index (χ1n) is 7.02. The number of nitrogens with two attached hydrogens (primary N) is 1. The van der Waals surface area contributed by atoms with Crippen molar-refractivity contribution in [3.05, 3.63) is 22.9 Å². The van der Waals surface area contributed by atoms with E-state index < -0.39 is 0 Å². The van der Waals surface area contributed by atoms with E-state index in [0.717, 1.165) is 29.7 Å². The number of aromatic nitrogens is 1. The van der Waals surface area contributed by atoms with Crippen molar-refractivity contribution in [3.63, 3.8) is 0 Å². The van der Waals surface area contributed by atoms with E-state index in [9.17, 15) is 0 Å². The molecule has 0 aliphatic heterocycles. The lowest BCUT2D eigenvalue weighted by molar-refractivity contribution is 0.175. The van der Waals surface area contributed by atoms with Gasteiger partial charge in [-0.05, 0) is 51.2 Å². The Labute approximate surface area is 120 Å². The predicted molar refractivity (Wildman–Crippen MR) is 81.7 cm³/mol. The Morgan fingerprint density at radius 3 is 2.47 bits per heavy atom. The summed E-state index contributed by atoms with van der Waals surface area (Å²) in [5, 5.41) is 0. The van der Waals surface area contributed by atoms with Gasteiger partial charge in [0.1, 0.15) is 11.1 Å². The van der Waals surface area contributed by atoms with Crippen molar-refractivity contribution in [1.29, 1.82) is 0 Å². The minimum absolute atomic E-state index is 0.254. The number of hydrogen-bond acceptors (Lipinski definition) is 3. The fourth-order valence-electron chi connectivity index (χ4n) is 2.71. The Kier molecular flexibility index (Phi) is 4.75. The molecule has 0 bridgehead atoms. The summed E-state index contributed by atoms with van der Waals surface area (Å²) in [6.07, 6.45) is 7.54. The van der Waals surface area contributed by atoms with E-state index in [1.54, 1.807) is 0 Å². The molecule has 0 spiro atoms. The molecule has 1 aliphatic rings. The van der Waals surface area contributed by atoms with Gasteiger partial charge >= 0.3 is 0 Å². The van der Waals surface area contributed by atoms with Crippen LogP contribution in [-0.2, 0) is 0 Å². The Balaban J connectivity index is 2.24. The third-order valence-corrected chi connectivity index (χ3v) is 3.84. The van der Waals surface area contributed by atoms with Gasteiger partial charge in [-0.25, -0.2) is 4.98 Å². The lowest BCUT2D eigenvalue weighted by Crippen LogP contribution is -2.21. The van der Waals surface area contributed by atoms with Crippen LogP contribution in [0.2, 0.25) is 0 Å². The summed E-state index contributed by atoms with van der Waals surface area (Å²) in [6.45, 7) is 3.97. The van der Waals surface area contributed by atoms with E-state index in [-0.39, 0.29) is 6.10 Å². The average molecular weight is 278 g/mol. The van der Waals surface area contributed by atoms with Gasteiger partial charge < -0.3 is 10.5 Å². The third-order valence-electron chi connectivity index (χ3n) is 3.64. The van der Waals surface area contributed by atoms with Gasteiger partial charge in [-0.1, -0.05) is 25.1 Å². The topological polar surface area (TPSA) is 48.1 Å². The molecule has 104 valence electrons. The molecule has 0 saturated heterocycles. The highest BCUT2D eigenvalue weighted by atomic mass is 32.1. The van der Waals surface area contributed by atoms with Crippen molar-refractivity contribution in [2.75, 3.05) is 0 Å². The quantitative estimate of drug-likeness (QED) is 0.679. The van der Waals surface area contributed by atoms with Gasteiger partial charge in [0.15, 0.2) is 0 Å². The van der Waals surface area contributed by atoms with Gasteiger partial charge in [0, 0.05) is 5.69 Å². The molecular formula is C15H22N2OS. The second-order valence-corrected chi connectivity index (χ2v) is 5.80. The van der Waals surface area contributed by atoms with Crippen LogP contribution in [0.25, 0.3) is 0 Å². The fraction of sp³-hybridized carbons (Fsp3) is 0.600. The lowest BCUT2D eigenvalue weighted by Gasteiger charge is -2.19. The minimum atomic E-state index is 0.254. The zero-order valence-electron chi connectivity index (χ0n) is 11.7. The molecule has 2 N–H and O–H groups in total. The molecule has 0 atom stereocenters. The maximum atomic E-state index is 6.11. The number of pyridine rings is 1. The highest BCUT2D eigenvalue weighted by molar-refractivity contribution is 7.80. The van der Waals surface area contributed by atoms with Crippen LogP contribution in [0.4, 0.5) is 0 Å². The molecule has 1 saturated carbocycles. The molecule has 1 aromatic heterocycles. The SMILES string of the molecule is Cc1cc(C)c(C(N)=S)c(OC2CCCCCC2)n1. The molecule has 3 nitrogen and oxygen atoms in total. The number of thiocarbonyl (C=S) groups is 1. The molecule has 0 aromatic carbocycles. The van der Waals surface area contributed by atoms with Crippen LogP contribution in [0.5, 0.6) is 5.88 Å². The summed E-state index contributed by atoms with van der Waals surface area (Å²) in [6, 6.07) is 1.99. The summed E-state index contributed by atoms with van der Waals surface area (Å²) in [4.78, 5) is 4.86. The van der Waals surface area contributed by atoms with Crippen LogP contribution in [-0.4, -0.2) is 16.1 Å². The van der Waals surface area contributed by atoms with Crippen molar-refractivity contribution in [2.24, 2.45) is 5.73 Å². The van der Waals surface area contributed by atoms with E-state index in [1.807, 2.05) is 19.9 Å². The number of rotatable bonds is 3. The third kappa shape index (κ3) is 3.66. The first-order valence-corrected chi connectivity index (χ1v) is 7.43. The maximum Gasteiger partial charge on any atom is 0.224 e. The molecule has 1 aromatic rings. The van der Waals surface area contributed by atoms with Gasteiger partial charge in [0.2, 0.25) is 5.88 Å². The smallest absolute Gasteiger partial charge is 0.224 e. The fourth-order valence-corrected chi connectivity index (χ4v) is 2.95. The summed E-state index contributed by atoms with van der Waals surface area (Å²) in [5.41, 5.74) is 8.60. The number of ether oxygens (including phenoxy) is 1. The highest BCUT2D eigenvalue weighted by Gasteiger charge is 2.19. The van der Waals surface area contributed by atoms with E-state index in [0.29, 0.717) is 10.9 Å². The number of nitrogens with zero attached hydrogens (tertiary/aromatic N) is 1. The Morgan fingerprint density at radius 1 is 1.26 bits per heavy atom. The van der Waals surface area contributed by atoms with Crippen molar-refractivity contribution in [1.82, 2.24) is 4.98 Å². The summed E-state index contributed by atoms with van der Waals surface area (Å²) < 4.78 is 6.11. The maximum absolute atomic E-state index is 6.11. The van der Waals surface area contributed by atoms with E-state index in [4.69, 9.17) is 22.7 Å². The molecule has 2 rings (SSSR count). The van der Waals surface area contributed by atoms with E-state index in [2.05, 4.69) is 4.98 Å². The van der Waals surface area contributed by atoms with Crippen LogP contribution in [0.3, 0.4) is 0 Å². The van der Waals surface area contributed by atoms with E-state index >= 15 is 0 Å². The van der Waals surface area contributed by atoms with Gasteiger partial charge in [-0.3, -0.25) is 0 Å². The van der Waals surface area contributed by atoms with Gasteiger partial charge in [0.25, 0.3) is 0 Å². The van der Waals surface area contributed by atoms with Crippen molar-refractivity contribution >= 4 is 17.2 Å². The second kappa shape index (κ2) is 6.33. The summed E-state index contributed by atoms with van der Waals surface area (Å²) in [5.74, 6) is 0.622. The lowest BCUT2D eigenvalue weighted by atomic mass is 10.1. The molecular weight excluding hydrogens is 256 g/mol. The first kappa shape index (κ1) is 14.3. The first-order chi connectivity index (χ1) is 9.08. The van der Waals surface area contributed by atoms with Crippen LogP contribution in [0.15, 0.2) is 6.07 Å². The predicted octanol–water partition coefficient (Wildman–Crippen LogP) is 3.43. The van der Waals surface area contributed by atoms with Gasteiger partial charge in [-0.2, -0.15) is 0 Å². The standard InChI is InChI=1S/C15H22N2OS/c1-10-9-11(2)17-15(13(10)14(16)19)18-12-7-5-3-4-6-8-12/h9,12H,3-8H2,1-2H3,(H2,16,19). The number of hydrogen-bond donors (Lipinski definition) is 1. The monoisotopic (exact) mass is 278 g/mol. The molecule has 0 unspecified atom stereocenters. The second-order valence-electron chi connectivity index (χ2n) is 5.36. The van der Waals surface area contributed by atoms with Gasteiger partial charge in [0.05, 0.1) is 5.56 Å². The van der Waals surface area contributed by atoms with Crippen molar-refractivity contribution < 1.29 is 4.74 Å². The van der Waals surface area contributed by atoms with Crippen LogP contribution >= 0.6 is 12.2 Å². The Bertz CT molecular complexity index is 465. The van der Waals surface area contributed by atoms with Crippen molar-refractivity contribution in [3.8, 4) is 5.88 Å². The zero-order valence-corrected chi connectivity index (χ0v) is 12.6. The Morgan fingerprint density at radius 2 is 1.89 bits per heavy atom. The highest BCUT2D eigenvalue weighted by Crippen LogP contribution is 2.26. The zero-order chi connectivity index (χ0) is 13.8. The Hall–Kier alpha value is -1.16. The van der Waals surface area contributed by atoms with Crippen molar-refractivity contribution in [2.45, 2.75) is 58.5 Å². The average Bonchev–Trinajstić information content (AvgIpc) is 2.56.